The molecule has 0 bridgehead atoms. The number of ketones is 1. The molecule has 0 aliphatic rings. The van der Waals surface area contributed by atoms with Gasteiger partial charge in [0.05, 0.1) is 24.8 Å². The van der Waals surface area contributed by atoms with Gasteiger partial charge in [-0.3, -0.25) is 9.78 Å². The number of pyridine rings is 1. The lowest BCUT2D eigenvalue weighted by molar-refractivity contribution is 0.102. The number of ether oxygens (including phenoxy) is 2. The highest BCUT2D eigenvalue weighted by Crippen LogP contribution is 2.37. The molecule has 1 N–H and O–H groups in total. The van der Waals surface area contributed by atoms with Gasteiger partial charge in [-0.2, -0.15) is 0 Å². The van der Waals surface area contributed by atoms with E-state index in [0.717, 1.165) is 5.56 Å². The monoisotopic (exact) mass is 379 g/mol. The lowest BCUT2D eigenvalue weighted by Gasteiger charge is -2.10. The number of hydrogen-bond donors (Lipinski definition) is 1. The van der Waals surface area contributed by atoms with Crippen molar-refractivity contribution < 1.29 is 14.3 Å². The minimum absolute atomic E-state index is 0.114. The van der Waals surface area contributed by atoms with Gasteiger partial charge in [0, 0.05) is 23.4 Å². The summed E-state index contributed by atoms with van der Waals surface area (Å²) in [6.45, 7) is 3.64. The molecule has 0 unspecified atom stereocenters. The summed E-state index contributed by atoms with van der Waals surface area (Å²) in [6.07, 6.45) is 1.59. The number of benzene rings is 1. The van der Waals surface area contributed by atoms with Crippen LogP contribution in [0.2, 0.25) is 10.0 Å². The summed E-state index contributed by atoms with van der Waals surface area (Å²) in [7, 11) is 3.04. The number of aromatic amines is 1. The molecule has 0 aliphatic heterocycles. The third-order valence-corrected chi connectivity index (χ3v) is 4.76. The number of halogens is 2. The van der Waals surface area contributed by atoms with Gasteiger partial charge in [0.15, 0.2) is 5.82 Å². The number of fused-ring (bicyclic) bond motifs is 1. The first-order chi connectivity index (χ1) is 11.9. The molecule has 0 radical (unpaired) electrons. The predicted octanol–water partition coefficient (Wildman–Crippen LogP) is 4.13. The zero-order valence-electron chi connectivity index (χ0n) is 14.0. The number of aryl methyl sites for hydroxylation is 1. The molecule has 8 heteroatoms. The molecule has 3 rings (SSSR count). The van der Waals surface area contributed by atoms with Gasteiger partial charge in [0.2, 0.25) is 5.78 Å². The largest absolute Gasteiger partial charge is 0.496 e. The summed E-state index contributed by atoms with van der Waals surface area (Å²) in [5.74, 6) is 0.770. The van der Waals surface area contributed by atoms with E-state index in [0.29, 0.717) is 28.1 Å². The molecule has 6 nitrogen and oxygen atoms in total. The SMILES string of the molecule is COc1cc2[nH]c(C(=O)c3ncc(C)c(OC)c3C)nc2c(Cl)c1Cl. The first kappa shape index (κ1) is 17.5. The molecule has 3 aromatic rings. The highest BCUT2D eigenvalue weighted by atomic mass is 35.5. The van der Waals surface area contributed by atoms with Crippen molar-refractivity contribution in [3.05, 3.63) is 45.0 Å². The average molecular weight is 380 g/mol. The lowest BCUT2D eigenvalue weighted by Crippen LogP contribution is -2.10. The molecule has 0 fully saturated rings. The molecule has 2 heterocycles. The first-order valence-corrected chi connectivity index (χ1v) is 8.11. The van der Waals surface area contributed by atoms with Gasteiger partial charge in [-0.25, -0.2) is 4.98 Å². The molecular formula is C17H15Cl2N3O3. The van der Waals surface area contributed by atoms with E-state index in [1.54, 1.807) is 26.3 Å². The van der Waals surface area contributed by atoms with Crippen LogP contribution in [0.1, 0.15) is 27.4 Å². The van der Waals surface area contributed by atoms with Crippen LogP contribution in [0.4, 0.5) is 0 Å². The average Bonchev–Trinajstić information content (AvgIpc) is 3.02. The molecule has 2 aromatic heterocycles. The normalized spacial score (nSPS) is 11.0. The fraction of sp³-hybridized carbons (Fsp3) is 0.235. The van der Waals surface area contributed by atoms with Crippen LogP contribution in [0.15, 0.2) is 12.3 Å². The van der Waals surface area contributed by atoms with E-state index in [1.807, 2.05) is 6.92 Å². The van der Waals surface area contributed by atoms with Crippen LogP contribution in [-0.2, 0) is 0 Å². The van der Waals surface area contributed by atoms with Crippen molar-refractivity contribution in [1.29, 1.82) is 0 Å². The van der Waals surface area contributed by atoms with Crippen molar-refractivity contribution in [2.24, 2.45) is 0 Å². The topological polar surface area (TPSA) is 77.1 Å². The Morgan fingerprint density at radius 3 is 2.52 bits per heavy atom. The molecule has 0 saturated carbocycles. The molecule has 0 spiro atoms. The van der Waals surface area contributed by atoms with E-state index in [4.69, 9.17) is 32.7 Å². The fourth-order valence-corrected chi connectivity index (χ4v) is 3.15. The molecule has 25 heavy (non-hydrogen) atoms. The molecule has 0 saturated heterocycles. The Kier molecular flexibility index (Phi) is 4.58. The number of imidazole rings is 1. The number of nitrogens with one attached hydrogen (secondary N) is 1. The third-order valence-electron chi connectivity index (χ3n) is 3.92. The van der Waals surface area contributed by atoms with Crippen molar-refractivity contribution in [2.75, 3.05) is 14.2 Å². The van der Waals surface area contributed by atoms with Gasteiger partial charge >= 0.3 is 0 Å². The van der Waals surface area contributed by atoms with Gasteiger partial charge in [0.25, 0.3) is 0 Å². The standard InChI is InChI=1S/C17H15Cl2N3O3/c1-7-6-20-13(8(2)16(7)25-4)15(23)17-21-9-5-10(24-3)11(18)12(19)14(9)22-17/h5-6H,1-4H3,(H,21,22). The summed E-state index contributed by atoms with van der Waals surface area (Å²) >= 11 is 12.4. The van der Waals surface area contributed by atoms with Crippen LogP contribution in [0.5, 0.6) is 11.5 Å². The van der Waals surface area contributed by atoms with Gasteiger partial charge in [0.1, 0.15) is 27.7 Å². The van der Waals surface area contributed by atoms with Crippen LogP contribution in [0.3, 0.4) is 0 Å². The lowest BCUT2D eigenvalue weighted by atomic mass is 10.1. The number of aromatic nitrogens is 3. The van der Waals surface area contributed by atoms with Crippen molar-refractivity contribution in [3.8, 4) is 11.5 Å². The second-order valence-electron chi connectivity index (χ2n) is 5.47. The number of H-pyrrole nitrogens is 1. The quantitative estimate of drug-likeness (QED) is 0.689. The second-order valence-corrected chi connectivity index (χ2v) is 6.22. The van der Waals surface area contributed by atoms with E-state index >= 15 is 0 Å². The minimum atomic E-state index is -0.363. The predicted molar refractivity (Wildman–Crippen MR) is 96.4 cm³/mol. The van der Waals surface area contributed by atoms with Gasteiger partial charge in [-0.05, 0) is 13.8 Å². The summed E-state index contributed by atoms with van der Waals surface area (Å²) in [6, 6.07) is 1.64. The maximum absolute atomic E-state index is 12.8. The molecule has 0 amide bonds. The molecule has 0 aliphatic carbocycles. The fourth-order valence-electron chi connectivity index (χ4n) is 2.70. The van der Waals surface area contributed by atoms with Crippen molar-refractivity contribution in [2.45, 2.75) is 13.8 Å². The zero-order valence-corrected chi connectivity index (χ0v) is 15.5. The Morgan fingerprint density at radius 1 is 1.16 bits per heavy atom. The van der Waals surface area contributed by atoms with E-state index in [1.165, 1.54) is 7.11 Å². The van der Waals surface area contributed by atoms with Crippen molar-refractivity contribution >= 4 is 40.0 Å². The zero-order chi connectivity index (χ0) is 18.3. The maximum Gasteiger partial charge on any atom is 0.246 e. The van der Waals surface area contributed by atoms with Crippen LogP contribution >= 0.6 is 23.2 Å². The molecule has 1 aromatic carbocycles. The first-order valence-electron chi connectivity index (χ1n) is 7.35. The highest BCUT2D eigenvalue weighted by molar-refractivity contribution is 6.46. The number of methoxy groups -OCH3 is 2. The van der Waals surface area contributed by atoms with E-state index in [2.05, 4.69) is 15.0 Å². The molecule has 130 valence electrons. The van der Waals surface area contributed by atoms with E-state index in [9.17, 15) is 4.79 Å². The number of hydrogen-bond acceptors (Lipinski definition) is 5. The van der Waals surface area contributed by atoms with Crippen LogP contribution < -0.4 is 9.47 Å². The van der Waals surface area contributed by atoms with E-state index < -0.39 is 0 Å². The Labute approximate surface area is 154 Å². The van der Waals surface area contributed by atoms with Crippen LogP contribution in [0.25, 0.3) is 11.0 Å². The molecule has 0 atom stereocenters. The molecular weight excluding hydrogens is 365 g/mol. The third kappa shape index (κ3) is 2.81. The van der Waals surface area contributed by atoms with Gasteiger partial charge in [-0.1, -0.05) is 23.2 Å². The minimum Gasteiger partial charge on any atom is -0.496 e. The Balaban J connectivity index is 2.14. The highest BCUT2D eigenvalue weighted by Gasteiger charge is 2.22. The van der Waals surface area contributed by atoms with Gasteiger partial charge < -0.3 is 14.5 Å². The number of carbonyl (C=O) groups excluding carboxylic acids is 1. The number of nitrogens with zero attached hydrogens (tertiary/aromatic N) is 2. The summed E-state index contributed by atoms with van der Waals surface area (Å²) in [5, 5.41) is 0.464. The van der Waals surface area contributed by atoms with Crippen LogP contribution in [0, 0.1) is 13.8 Å². The van der Waals surface area contributed by atoms with Gasteiger partial charge in [-0.15, -0.1) is 0 Å². The number of carbonyl (C=O) groups is 1. The van der Waals surface area contributed by atoms with E-state index in [-0.39, 0.29) is 27.3 Å². The Bertz CT molecular complexity index is 999. The van der Waals surface area contributed by atoms with Crippen molar-refractivity contribution in [3.63, 3.8) is 0 Å². The summed E-state index contributed by atoms with van der Waals surface area (Å²) < 4.78 is 10.5. The maximum atomic E-state index is 12.8. The summed E-state index contributed by atoms with van der Waals surface area (Å²) in [5.41, 5.74) is 2.70. The Hall–Kier alpha value is -2.31. The smallest absolute Gasteiger partial charge is 0.246 e. The van der Waals surface area contributed by atoms with Crippen molar-refractivity contribution in [1.82, 2.24) is 15.0 Å². The number of rotatable bonds is 4. The van der Waals surface area contributed by atoms with Crippen LogP contribution in [-0.4, -0.2) is 35.0 Å². The second kappa shape index (κ2) is 6.54. The Morgan fingerprint density at radius 2 is 1.88 bits per heavy atom. The summed E-state index contributed by atoms with van der Waals surface area (Å²) in [4.78, 5) is 24.3.